The summed E-state index contributed by atoms with van der Waals surface area (Å²) in [6, 6.07) is 0. The van der Waals surface area contributed by atoms with Gasteiger partial charge < -0.3 is 0 Å². The molecule has 1 rings (SSSR count). The van der Waals surface area contributed by atoms with E-state index in [9.17, 15) is 0 Å². The summed E-state index contributed by atoms with van der Waals surface area (Å²) in [6.07, 6.45) is 1.93. The Labute approximate surface area is 191 Å². The molecule has 1 saturated carbocycles. The molecule has 0 aromatic rings. The first-order valence-corrected chi connectivity index (χ1v) is 11.4. The monoisotopic (exact) mass is 484 g/mol. The third-order valence-corrected chi connectivity index (χ3v) is 15.9. The molecule has 0 N–H and O–H groups in total. The zero-order valence-corrected chi connectivity index (χ0v) is 22.0. The first kappa shape index (κ1) is 24.2. The first-order chi connectivity index (χ1) is 9.87. The summed E-state index contributed by atoms with van der Waals surface area (Å²) in [6.45, 7) is 10.9. The lowest BCUT2D eigenvalue weighted by molar-refractivity contribution is 0.0355. The van der Waals surface area contributed by atoms with Crippen LogP contribution in [0.4, 0.5) is 0 Å². The van der Waals surface area contributed by atoms with Crippen LogP contribution in [0.3, 0.4) is 0 Å². The van der Waals surface area contributed by atoms with Gasteiger partial charge in [-0.2, -0.15) is 114 Å². The summed E-state index contributed by atoms with van der Waals surface area (Å²) < 4.78 is -5.28. The van der Waals surface area contributed by atoms with E-state index in [1.807, 2.05) is 0 Å². The Bertz CT molecular complexity index is 449. The highest BCUT2D eigenvalue weighted by molar-refractivity contribution is 8.16. The fraction of sp³-hybridized carbons (Fsp3) is 1.00. The molecule has 0 saturated heterocycles. The molecule has 9 heteroatoms. The second-order valence-corrected chi connectivity index (χ2v) is 14.7. The van der Waals surface area contributed by atoms with E-state index in [2.05, 4.69) is 34.6 Å². The molecular weight excluding hydrogens is 457 g/mol. The average molecular weight is 485 g/mol. The van der Waals surface area contributed by atoms with Crippen molar-refractivity contribution in [2.45, 2.75) is 68.5 Å². The van der Waals surface area contributed by atoms with Crippen molar-refractivity contribution < 1.29 is 0 Å². The third-order valence-electron chi connectivity index (χ3n) is 6.44. The summed E-state index contributed by atoms with van der Waals surface area (Å²) >= 11 is 43.6. The zero-order valence-electron chi connectivity index (χ0n) is 13.9. The molecule has 0 amide bonds. The standard InChI is InChI=1S/C14H28S9/c1-6-9(5,7-2)8(3,4)10(15)11(16,17)13(20,21)14(22,23)12(10,18)19/h15-23H,6-7H2,1-5H3. The van der Waals surface area contributed by atoms with Gasteiger partial charge in [0.15, 0.2) is 0 Å². The van der Waals surface area contributed by atoms with Gasteiger partial charge in [0, 0.05) is 0 Å². The molecule has 0 spiro atoms. The van der Waals surface area contributed by atoms with Gasteiger partial charge in [0.05, 0.1) is 12.9 Å². The van der Waals surface area contributed by atoms with Crippen LogP contribution in [0.15, 0.2) is 0 Å². The molecule has 0 aromatic heterocycles. The molecule has 23 heavy (non-hydrogen) atoms. The number of thiol groups is 9. The minimum atomic E-state index is -1.11. The van der Waals surface area contributed by atoms with Crippen LogP contribution in [-0.2, 0) is 0 Å². The summed E-state index contributed by atoms with van der Waals surface area (Å²) in [4.78, 5) is 0. The first-order valence-electron chi connectivity index (χ1n) is 7.38. The van der Waals surface area contributed by atoms with Crippen molar-refractivity contribution in [2.24, 2.45) is 10.8 Å². The summed E-state index contributed by atoms with van der Waals surface area (Å²) in [7, 11) is 0. The highest BCUT2D eigenvalue weighted by Crippen LogP contribution is 2.80. The normalized spacial score (nSPS) is 27.9. The summed E-state index contributed by atoms with van der Waals surface area (Å²) in [5, 5.41) is 0. The van der Waals surface area contributed by atoms with Crippen molar-refractivity contribution in [1.29, 1.82) is 0 Å². The number of rotatable bonds is 4. The minimum Gasteiger partial charge on any atom is -0.167 e. The molecule has 0 bridgehead atoms. The largest absolute Gasteiger partial charge is 0.167 e. The number of hydrogen-bond acceptors (Lipinski definition) is 9. The van der Waals surface area contributed by atoms with Crippen LogP contribution >= 0.6 is 114 Å². The van der Waals surface area contributed by atoms with Crippen molar-refractivity contribution >= 4 is 114 Å². The van der Waals surface area contributed by atoms with E-state index in [0.29, 0.717) is 0 Å². The summed E-state index contributed by atoms with van der Waals surface area (Å²) in [5.74, 6) is 0. The zero-order chi connectivity index (χ0) is 18.9. The Morgan fingerprint density at radius 2 is 0.826 bits per heavy atom. The van der Waals surface area contributed by atoms with Gasteiger partial charge in [-0.3, -0.25) is 0 Å². The average Bonchev–Trinajstić information content (AvgIpc) is 2.47. The molecule has 138 valence electrons. The third kappa shape index (κ3) is 2.59. The molecule has 0 aliphatic heterocycles. The maximum absolute atomic E-state index is 5.15. The van der Waals surface area contributed by atoms with Gasteiger partial charge in [-0.15, -0.1) is 0 Å². The van der Waals surface area contributed by atoms with Gasteiger partial charge in [-0.25, -0.2) is 0 Å². The Balaban J connectivity index is 3.86. The van der Waals surface area contributed by atoms with Crippen molar-refractivity contribution in [3.05, 3.63) is 0 Å². The molecule has 0 aromatic carbocycles. The van der Waals surface area contributed by atoms with Gasteiger partial charge in [0.2, 0.25) is 0 Å². The van der Waals surface area contributed by atoms with E-state index in [-0.39, 0.29) is 10.8 Å². The van der Waals surface area contributed by atoms with Crippen LogP contribution in [0, 0.1) is 10.8 Å². The Hall–Kier alpha value is 3.15. The second kappa shape index (κ2) is 6.60. The Kier molecular flexibility index (Phi) is 6.94. The lowest BCUT2D eigenvalue weighted by Crippen LogP contribution is -2.65. The molecule has 0 atom stereocenters. The second-order valence-electron chi connectivity index (χ2n) is 7.29. The molecule has 0 radical (unpaired) electrons. The van der Waals surface area contributed by atoms with E-state index in [0.717, 1.165) is 12.8 Å². The number of hydrogen-bond donors (Lipinski definition) is 9. The van der Waals surface area contributed by atoms with Crippen molar-refractivity contribution in [1.82, 2.24) is 0 Å². The van der Waals surface area contributed by atoms with Crippen LogP contribution in [0.5, 0.6) is 0 Å². The van der Waals surface area contributed by atoms with Gasteiger partial charge in [-0.05, 0) is 10.8 Å². The van der Waals surface area contributed by atoms with E-state index >= 15 is 0 Å². The molecule has 0 heterocycles. The van der Waals surface area contributed by atoms with Crippen molar-refractivity contribution in [3.8, 4) is 0 Å². The predicted octanol–water partition coefficient (Wildman–Crippen LogP) is 5.74. The maximum atomic E-state index is 5.15. The van der Waals surface area contributed by atoms with Crippen LogP contribution in [0.1, 0.15) is 47.5 Å². The molecular formula is C14H28S9. The SMILES string of the molecule is CCC(C)(CC)C(C)(C)C1(S)C(S)(S)C(S)(S)C(S)(S)C1(S)S. The smallest absolute Gasteiger partial charge is 0.106 e. The van der Waals surface area contributed by atoms with E-state index < -0.39 is 21.1 Å². The van der Waals surface area contributed by atoms with E-state index in [4.69, 9.17) is 114 Å². The lowest BCUT2D eigenvalue weighted by Gasteiger charge is -2.61. The quantitative estimate of drug-likeness (QED) is 0.176. The Morgan fingerprint density at radius 3 is 1.04 bits per heavy atom. The fourth-order valence-electron chi connectivity index (χ4n) is 3.68. The van der Waals surface area contributed by atoms with Gasteiger partial charge >= 0.3 is 0 Å². The highest BCUT2D eigenvalue weighted by atomic mass is 32.2. The Morgan fingerprint density at radius 1 is 0.565 bits per heavy atom. The van der Waals surface area contributed by atoms with Gasteiger partial charge in [-0.1, -0.05) is 47.5 Å². The summed E-state index contributed by atoms with van der Waals surface area (Å²) in [5.41, 5.74) is -0.439. The van der Waals surface area contributed by atoms with Crippen LogP contribution in [0.25, 0.3) is 0 Å². The van der Waals surface area contributed by atoms with Crippen molar-refractivity contribution in [3.63, 3.8) is 0 Å². The molecule has 0 nitrogen and oxygen atoms in total. The molecule has 0 unspecified atom stereocenters. The lowest BCUT2D eigenvalue weighted by atomic mass is 9.56. The maximum Gasteiger partial charge on any atom is 0.106 e. The van der Waals surface area contributed by atoms with Crippen LogP contribution in [0.2, 0.25) is 0 Å². The van der Waals surface area contributed by atoms with E-state index in [1.54, 1.807) is 0 Å². The fourth-order valence-corrected chi connectivity index (χ4v) is 9.49. The molecule has 1 fully saturated rings. The topological polar surface area (TPSA) is 0 Å². The van der Waals surface area contributed by atoms with Crippen LogP contribution in [-0.4, -0.2) is 21.1 Å². The van der Waals surface area contributed by atoms with Gasteiger partial charge in [0.25, 0.3) is 0 Å². The predicted molar refractivity (Wildman–Crippen MR) is 137 cm³/mol. The molecule has 1 aliphatic rings. The highest BCUT2D eigenvalue weighted by Gasteiger charge is 2.84. The molecule has 1 aliphatic carbocycles. The van der Waals surface area contributed by atoms with Crippen LogP contribution < -0.4 is 0 Å². The minimum absolute atomic E-state index is 0.0538. The van der Waals surface area contributed by atoms with E-state index in [1.165, 1.54) is 0 Å². The van der Waals surface area contributed by atoms with Gasteiger partial charge in [0.1, 0.15) is 8.16 Å². The van der Waals surface area contributed by atoms with Crippen molar-refractivity contribution in [2.75, 3.05) is 0 Å².